The van der Waals surface area contributed by atoms with Crippen LogP contribution >= 0.6 is 0 Å². The molecule has 5 heteroatoms. The minimum Gasteiger partial charge on any atom is -0.768 e. The van der Waals surface area contributed by atoms with Crippen molar-refractivity contribution in [1.29, 1.82) is 0 Å². The molecule has 0 bridgehead atoms. The summed E-state index contributed by atoms with van der Waals surface area (Å²) in [5.74, 6) is 1.26. The Balaban J connectivity index is 2.13. The highest BCUT2D eigenvalue weighted by atomic mass is 32.2. The van der Waals surface area contributed by atoms with Gasteiger partial charge < -0.3 is 14.4 Å². The maximum absolute atomic E-state index is 10.6. The first-order valence-electron chi connectivity index (χ1n) is 4.81. The van der Waals surface area contributed by atoms with Gasteiger partial charge in [-0.3, -0.25) is 4.21 Å². The average molecular weight is 249 g/mol. The maximum Gasteiger partial charge on any atom is 0.127 e. The van der Waals surface area contributed by atoms with Gasteiger partial charge in [0, 0.05) is 4.90 Å². The number of ether oxygens (including phenoxy) is 1. The second-order valence-electron chi connectivity index (χ2n) is 3.30. The van der Waals surface area contributed by atoms with Crippen LogP contribution in [0, 0.1) is 0 Å². The number of hydrogen-bond acceptors (Lipinski definition) is 4. The molecule has 0 aliphatic rings. The van der Waals surface area contributed by atoms with Crippen LogP contribution in [-0.4, -0.2) is 13.9 Å². The minimum absolute atomic E-state index is 0.162. The molecule has 2 aromatic carbocycles. The highest BCUT2D eigenvalue weighted by molar-refractivity contribution is 7.79. The van der Waals surface area contributed by atoms with Crippen LogP contribution in [0.15, 0.2) is 53.4 Å². The molecule has 1 N–H and O–H groups in total. The molecule has 0 saturated heterocycles. The maximum atomic E-state index is 10.6. The van der Waals surface area contributed by atoms with Crippen molar-refractivity contribution < 1.29 is 18.6 Å². The molecule has 0 fully saturated rings. The van der Waals surface area contributed by atoms with E-state index in [0.717, 1.165) is 0 Å². The zero-order valence-electron chi connectivity index (χ0n) is 8.70. The Labute approximate surface area is 101 Å². The molecular weight excluding hydrogens is 240 g/mol. The molecule has 0 amide bonds. The third-order valence-electron chi connectivity index (χ3n) is 2.09. The lowest BCUT2D eigenvalue weighted by molar-refractivity contribution is 0.464. The number of benzene rings is 2. The van der Waals surface area contributed by atoms with Gasteiger partial charge in [-0.25, -0.2) is 0 Å². The van der Waals surface area contributed by atoms with E-state index in [2.05, 4.69) is 0 Å². The quantitative estimate of drug-likeness (QED) is 0.848. The summed E-state index contributed by atoms with van der Waals surface area (Å²) in [6, 6.07) is 12.3. The molecule has 0 aliphatic heterocycles. The van der Waals surface area contributed by atoms with Crippen LogP contribution in [-0.2, 0) is 11.1 Å². The van der Waals surface area contributed by atoms with Crippen LogP contribution < -0.4 is 4.74 Å². The largest absolute Gasteiger partial charge is 0.768 e. The molecule has 17 heavy (non-hydrogen) atoms. The van der Waals surface area contributed by atoms with Crippen LogP contribution in [0.4, 0.5) is 0 Å². The molecule has 0 aliphatic carbocycles. The first-order chi connectivity index (χ1) is 8.15. The molecule has 2 aromatic rings. The zero-order valence-corrected chi connectivity index (χ0v) is 9.52. The normalized spacial score (nSPS) is 12.1. The monoisotopic (exact) mass is 249 g/mol. The van der Waals surface area contributed by atoms with E-state index >= 15 is 0 Å². The molecule has 0 aromatic heterocycles. The molecule has 4 nitrogen and oxygen atoms in total. The van der Waals surface area contributed by atoms with Crippen LogP contribution in [0.1, 0.15) is 0 Å². The SMILES string of the molecule is O=S([O-])c1ccc(Oc2ccc(O)cc2)cc1. The van der Waals surface area contributed by atoms with Crippen molar-refractivity contribution in [2.24, 2.45) is 0 Å². The van der Waals surface area contributed by atoms with Crippen LogP contribution in [0.3, 0.4) is 0 Å². The summed E-state index contributed by atoms with van der Waals surface area (Å²) < 4.78 is 26.7. The third-order valence-corrected chi connectivity index (χ3v) is 2.75. The first kappa shape index (κ1) is 11.6. The highest BCUT2D eigenvalue weighted by Gasteiger charge is 1.98. The molecule has 88 valence electrons. The second-order valence-corrected chi connectivity index (χ2v) is 4.24. The lowest BCUT2D eigenvalue weighted by Crippen LogP contribution is -1.89. The van der Waals surface area contributed by atoms with Gasteiger partial charge in [0.05, 0.1) is 0 Å². The molecule has 0 spiro atoms. The Morgan fingerprint density at radius 1 is 0.941 bits per heavy atom. The molecule has 1 unspecified atom stereocenters. The molecule has 0 radical (unpaired) electrons. The molecule has 0 saturated carbocycles. The summed E-state index contributed by atoms with van der Waals surface area (Å²) in [7, 11) is 0. The van der Waals surface area contributed by atoms with E-state index in [9.17, 15) is 8.76 Å². The predicted octanol–water partition coefficient (Wildman–Crippen LogP) is 2.42. The second kappa shape index (κ2) is 4.99. The standard InChI is InChI=1S/C12H10O4S/c13-9-1-3-10(4-2-9)16-11-5-7-12(8-6-11)17(14)15/h1-8,13H,(H,14,15)/p-1. The number of rotatable bonds is 3. The Kier molecular flexibility index (Phi) is 3.41. The minimum atomic E-state index is -2.23. The van der Waals surface area contributed by atoms with Gasteiger partial charge in [-0.1, -0.05) is 0 Å². The van der Waals surface area contributed by atoms with E-state index < -0.39 is 11.1 Å². The van der Waals surface area contributed by atoms with Gasteiger partial charge in [0.25, 0.3) is 0 Å². The van der Waals surface area contributed by atoms with Crippen molar-refractivity contribution in [3.8, 4) is 17.2 Å². The summed E-state index contributed by atoms with van der Waals surface area (Å²) >= 11 is -2.23. The van der Waals surface area contributed by atoms with Gasteiger partial charge in [-0.05, 0) is 59.6 Å². The van der Waals surface area contributed by atoms with Gasteiger partial charge in [-0.2, -0.15) is 0 Å². The molecule has 2 rings (SSSR count). The van der Waals surface area contributed by atoms with Gasteiger partial charge in [0.15, 0.2) is 0 Å². The fourth-order valence-electron chi connectivity index (χ4n) is 1.27. The van der Waals surface area contributed by atoms with E-state index in [0.29, 0.717) is 11.5 Å². The summed E-state index contributed by atoms with van der Waals surface area (Å²) in [6.45, 7) is 0. The zero-order chi connectivity index (χ0) is 12.3. The van der Waals surface area contributed by atoms with Crippen molar-refractivity contribution in [3.63, 3.8) is 0 Å². The number of aromatic hydroxyl groups is 1. The van der Waals surface area contributed by atoms with Crippen molar-refractivity contribution in [2.75, 3.05) is 0 Å². The fourth-order valence-corrected chi connectivity index (χ4v) is 1.63. The molecule has 0 heterocycles. The Bertz CT molecular complexity index is 519. The predicted molar refractivity (Wildman–Crippen MR) is 61.8 cm³/mol. The van der Waals surface area contributed by atoms with E-state index in [1.807, 2.05) is 0 Å². The number of phenols is 1. The topological polar surface area (TPSA) is 69.6 Å². The summed E-state index contributed by atoms with van der Waals surface area (Å²) in [5, 5.41) is 9.10. The highest BCUT2D eigenvalue weighted by Crippen LogP contribution is 2.23. The summed E-state index contributed by atoms with van der Waals surface area (Å²) in [5.41, 5.74) is 0. The number of hydrogen-bond donors (Lipinski definition) is 1. The van der Waals surface area contributed by atoms with Gasteiger partial charge >= 0.3 is 0 Å². The van der Waals surface area contributed by atoms with E-state index in [1.165, 1.54) is 24.3 Å². The van der Waals surface area contributed by atoms with E-state index in [-0.39, 0.29) is 10.6 Å². The van der Waals surface area contributed by atoms with Gasteiger partial charge in [-0.15, -0.1) is 0 Å². The van der Waals surface area contributed by atoms with Crippen molar-refractivity contribution in [2.45, 2.75) is 4.90 Å². The summed E-state index contributed by atoms with van der Waals surface area (Å²) in [4.78, 5) is 0.211. The fraction of sp³-hybridized carbons (Fsp3) is 0. The molecule has 1 atom stereocenters. The van der Waals surface area contributed by atoms with Gasteiger partial charge in [0.2, 0.25) is 0 Å². The van der Waals surface area contributed by atoms with Gasteiger partial charge in [0.1, 0.15) is 17.2 Å². The van der Waals surface area contributed by atoms with E-state index in [4.69, 9.17) is 9.84 Å². The lowest BCUT2D eigenvalue weighted by atomic mass is 10.3. The lowest BCUT2D eigenvalue weighted by Gasteiger charge is -2.08. The van der Waals surface area contributed by atoms with Crippen molar-refractivity contribution >= 4 is 11.1 Å². The third kappa shape index (κ3) is 3.05. The Morgan fingerprint density at radius 2 is 1.41 bits per heavy atom. The Hall–Kier alpha value is -1.85. The van der Waals surface area contributed by atoms with Crippen LogP contribution in [0.2, 0.25) is 0 Å². The van der Waals surface area contributed by atoms with Crippen molar-refractivity contribution in [1.82, 2.24) is 0 Å². The van der Waals surface area contributed by atoms with E-state index in [1.54, 1.807) is 24.3 Å². The Morgan fingerprint density at radius 3 is 1.88 bits per heavy atom. The van der Waals surface area contributed by atoms with Crippen LogP contribution in [0.5, 0.6) is 17.2 Å². The summed E-state index contributed by atoms with van der Waals surface area (Å²) in [6.07, 6.45) is 0. The smallest absolute Gasteiger partial charge is 0.127 e. The number of phenolic OH excluding ortho intramolecular Hbond substituents is 1. The average Bonchev–Trinajstić information content (AvgIpc) is 2.33. The first-order valence-corrected chi connectivity index (χ1v) is 5.89. The molecular formula is C12H9O4S-. The van der Waals surface area contributed by atoms with Crippen molar-refractivity contribution in [3.05, 3.63) is 48.5 Å². The van der Waals surface area contributed by atoms with Crippen LogP contribution in [0.25, 0.3) is 0 Å².